The van der Waals surface area contributed by atoms with E-state index in [0.717, 1.165) is 11.3 Å². The van der Waals surface area contributed by atoms with Crippen LogP contribution in [0.15, 0.2) is 42.5 Å². The van der Waals surface area contributed by atoms with Gasteiger partial charge in [0.1, 0.15) is 10.8 Å². The molecule has 20 heavy (non-hydrogen) atoms. The van der Waals surface area contributed by atoms with Crippen molar-refractivity contribution >= 4 is 28.6 Å². The molecular weight excluding hydrogens is 271 g/mol. The highest BCUT2D eigenvalue weighted by atomic mass is 32.1. The average molecular weight is 288 g/mol. The van der Waals surface area contributed by atoms with Crippen molar-refractivity contribution in [2.45, 2.75) is 13.8 Å². The Morgan fingerprint density at radius 3 is 2.55 bits per heavy atom. The number of thiocarbonyl (C=S) groups is 1. The molecule has 0 aliphatic rings. The Morgan fingerprint density at radius 1 is 1.25 bits per heavy atom. The molecule has 0 heterocycles. The van der Waals surface area contributed by atoms with E-state index < -0.39 is 0 Å². The normalized spacial score (nSPS) is 10.3. The maximum atomic E-state index is 14.3. The number of anilines is 2. The number of hydrogen-bond donors (Lipinski definition) is 1. The fourth-order valence-corrected chi connectivity index (χ4v) is 2.29. The van der Waals surface area contributed by atoms with E-state index in [4.69, 9.17) is 18.0 Å². The lowest BCUT2D eigenvalue weighted by Crippen LogP contribution is -2.18. The van der Waals surface area contributed by atoms with Crippen molar-refractivity contribution in [2.24, 2.45) is 5.73 Å². The van der Waals surface area contributed by atoms with E-state index in [2.05, 4.69) is 0 Å². The minimum atomic E-state index is -0.321. The number of benzene rings is 2. The minimum absolute atomic E-state index is 0.203. The summed E-state index contributed by atoms with van der Waals surface area (Å²) in [5.74, 6) is -0.321. The van der Waals surface area contributed by atoms with Crippen molar-refractivity contribution in [3.63, 3.8) is 0 Å². The number of aryl methyl sites for hydroxylation is 1. The van der Waals surface area contributed by atoms with Gasteiger partial charge < -0.3 is 10.6 Å². The first-order valence-electron chi connectivity index (χ1n) is 6.46. The lowest BCUT2D eigenvalue weighted by molar-refractivity contribution is 0.625. The van der Waals surface area contributed by atoms with Crippen molar-refractivity contribution in [1.29, 1.82) is 0 Å². The fraction of sp³-hybridized carbons (Fsp3) is 0.188. The topological polar surface area (TPSA) is 29.3 Å². The van der Waals surface area contributed by atoms with Gasteiger partial charge in [0.15, 0.2) is 0 Å². The van der Waals surface area contributed by atoms with E-state index in [0.29, 0.717) is 17.8 Å². The second kappa shape index (κ2) is 6.01. The molecule has 0 aliphatic heterocycles. The second-order valence-electron chi connectivity index (χ2n) is 4.61. The third-order valence-electron chi connectivity index (χ3n) is 3.15. The highest BCUT2D eigenvalue weighted by molar-refractivity contribution is 7.80. The molecule has 0 aromatic heterocycles. The molecule has 2 N–H and O–H groups in total. The van der Waals surface area contributed by atoms with Crippen LogP contribution in [0.3, 0.4) is 0 Å². The molecule has 0 fully saturated rings. The van der Waals surface area contributed by atoms with Crippen LogP contribution < -0.4 is 10.6 Å². The van der Waals surface area contributed by atoms with Crippen LogP contribution in [0, 0.1) is 12.7 Å². The highest BCUT2D eigenvalue weighted by Gasteiger charge is 2.13. The number of nitrogens with two attached hydrogens (primary N) is 1. The number of nitrogens with zero attached hydrogens (tertiary/aromatic N) is 1. The maximum Gasteiger partial charge on any atom is 0.147 e. The zero-order valence-corrected chi connectivity index (χ0v) is 12.4. The van der Waals surface area contributed by atoms with E-state index in [1.807, 2.05) is 43.0 Å². The summed E-state index contributed by atoms with van der Waals surface area (Å²) < 4.78 is 14.3. The first-order chi connectivity index (χ1) is 9.52. The van der Waals surface area contributed by atoms with Gasteiger partial charge in [-0.2, -0.15) is 0 Å². The van der Waals surface area contributed by atoms with Crippen LogP contribution in [0.5, 0.6) is 0 Å². The largest absolute Gasteiger partial charge is 0.389 e. The summed E-state index contributed by atoms with van der Waals surface area (Å²) in [7, 11) is 0. The van der Waals surface area contributed by atoms with Crippen LogP contribution >= 0.6 is 12.2 Å². The molecule has 2 aromatic rings. The molecule has 4 heteroatoms. The van der Waals surface area contributed by atoms with Crippen LogP contribution in [0.25, 0.3) is 0 Å². The van der Waals surface area contributed by atoms with Crippen LogP contribution in [0.4, 0.5) is 15.8 Å². The summed E-state index contributed by atoms with van der Waals surface area (Å²) in [5.41, 5.74) is 8.70. The molecule has 0 aliphatic carbocycles. The van der Waals surface area contributed by atoms with Crippen molar-refractivity contribution in [3.05, 3.63) is 59.4 Å². The molecule has 0 unspecified atom stereocenters. The van der Waals surface area contributed by atoms with Crippen molar-refractivity contribution in [3.8, 4) is 0 Å². The Balaban J connectivity index is 2.44. The third-order valence-corrected chi connectivity index (χ3v) is 3.39. The molecule has 104 valence electrons. The summed E-state index contributed by atoms with van der Waals surface area (Å²) in [6.07, 6.45) is 0. The first-order valence-corrected chi connectivity index (χ1v) is 6.87. The minimum Gasteiger partial charge on any atom is -0.389 e. The SMILES string of the molecule is CCN(c1cccc(C)c1)c1ccc(C(N)=S)cc1F. The summed E-state index contributed by atoms with van der Waals surface area (Å²) in [6.45, 7) is 4.68. The molecule has 2 rings (SSSR count). The monoisotopic (exact) mass is 288 g/mol. The molecule has 0 amide bonds. The van der Waals surface area contributed by atoms with Gasteiger partial charge in [0.2, 0.25) is 0 Å². The molecule has 0 atom stereocenters. The molecule has 0 saturated heterocycles. The van der Waals surface area contributed by atoms with Crippen LogP contribution in [0.2, 0.25) is 0 Å². The Morgan fingerprint density at radius 2 is 2.00 bits per heavy atom. The van der Waals surface area contributed by atoms with Gasteiger partial charge in [0.05, 0.1) is 5.69 Å². The molecule has 0 spiro atoms. The van der Waals surface area contributed by atoms with E-state index in [1.54, 1.807) is 12.1 Å². The smallest absolute Gasteiger partial charge is 0.147 e. The summed E-state index contributed by atoms with van der Waals surface area (Å²) in [5, 5.41) is 0. The zero-order chi connectivity index (χ0) is 14.7. The van der Waals surface area contributed by atoms with Gasteiger partial charge in [-0.25, -0.2) is 4.39 Å². The standard InChI is InChI=1S/C16H17FN2S/c1-3-19(13-6-4-5-11(2)9-13)15-8-7-12(16(18)20)10-14(15)17/h4-10H,3H2,1-2H3,(H2,18,20). The van der Waals surface area contributed by atoms with E-state index in [9.17, 15) is 4.39 Å². The van der Waals surface area contributed by atoms with Crippen LogP contribution in [0.1, 0.15) is 18.1 Å². The van der Waals surface area contributed by atoms with Crippen LogP contribution in [-0.2, 0) is 0 Å². The number of rotatable bonds is 4. The predicted octanol–water partition coefficient (Wildman–Crippen LogP) is 3.93. The molecule has 0 saturated carbocycles. The lowest BCUT2D eigenvalue weighted by atomic mass is 10.1. The maximum absolute atomic E-state index is 14.3. The lowest BCUT2D eigenvalue weighted by Gasteiger charge is -2.24. The summed E-state index contributed by atoms with van der Waals surface area (Å²) in [4.78, 5) is 2.13. The van der Waals surface area contributed by atoms with E-state index in [-0.39, 0.29) is 10.8 Å². The predicted molar refractivity (Wildman–Crippen MR) is 86.1 cm³/mol. The summed E-state index contributed by atoms with van der Waals surface area (Å²) in [6, 6.07) is 12.8. The molecule has 2 aromatic carbocycles. The van der Waals surface area contributed by atoms with Crippen LogP contribution in [-0.4, -0.2) is 11.5 Å². The van der Waals surface area contributed by atoms with Gasteiger partial charge in [-0.1, -0.05) is 24.4 Å². The van der Waals surface area contributed by atoms with Gasteiger partial charge in [0.25, 0.3) is 0 Å². The average Bonchev–Trinajstić information content (AvgIpc) is 2.41. The Hall–Kier alpha value is -1.94. The highest BCUT2D eigenvalue weighted by Crippen LogP contribution is 2.28. The van der Waals surface area contributed by atoms with E-state index >= 15 is 0 Å². The molecule has 0 bridgehead atoms. The van der Waals surface area contributed by atoms with Gasteiger partial charge in [-0.3, -0.25) is 0 Å². The number of hydrogen-bond acceptors (Lipinski definition) is 2. The van der Waals surface area contributed by atoms with Gasteiger partial charge >= 0.3 is 0 Å². The zero-order valence-electron chi connectivity index (χ0n) is 11.6. The van der Waals surface area contributed by atoms with Gasteiger partial charge in [-0.15, -0.1) is 0 Å². The van der Waals surface area contributed by atoms with Crippen molar-refractivity contribution in [1.82, 2.24) is 0 Å². The fourth-order valence-electron chi connectivity index (χ4n) is 2.17. The Bertz CT molecular complexity index is 640. The van der Waals surface area contributed by atoms with Gasteiger partial charge in [-0.05, 0) is 49.7 Å². The second-order valence-corrected chi connectivity index (χ2v) is 5.05. The first kappa shape index (κ1) is 14.5. The Labute approximate surface area is 124 Å². The quantitative estimate of drug-likeness (QED) is 0.864. The third kappa shape index (κ3) is 2.96. The van der Waals surface area contributed by atoms with Gasteiger partial charge in [0, 0.05) is 17.8 Å². The van der Waals surface area contributed by atoms with E-state index in [1.165, 1.54) is 6.07 Å². The number of halogens is 1. The molecular formula is C16H17FN2S. The summed E-state index contributed by atoms with van der Waals surface area (Å²) >= 11 is 4.87. The van der Waals surface area contributed by atoms with Crippen molar-refractivity contribution < 1.29 is 4.39 Å². The van der Waals surface area contributed by atoms with Crippen molar-refractivity contribution in [2.75, 3.05) is 11.4 Å². The Kier molecular flexibility index (Phi) is 4.35. The molecule has 0 radical (unpaired) electrons. The molecule has 2 nitrogen and oxygen atoms in total.